The lowest BCUT2D eigenvalue weighted by molar-refractivity contribution is 0.415. The maximum absolute atomic E-state index is 5.23. The molecule has 3 aromatic rings. The monoisotopic (exact) mass is 325 g/mol. The Kier molecular flexibility index (Phi) is 4.63. The maximum Gasteiger partial charge on any atom is 0.124 e. The van der Waals surface area contributed by atoms with Crippen LogP contribution in [-0.4, -0.2) is 19.2 Å². The van der Waals surface area contributed by atoms with Gasteiger partial charge in [-0.15, -0.1) is 11.3 Å². The molecule has 0 radical (unpaired) electrons. The quantitative estimate of drug-likeness (QED) is 0.657. The second-order valence-electron chi connectivity index (χ2n) is 5.10. The minimum Gasteiger partial charge on any atom is -0.497 e. The van der Waals surface area contributed by atoms with E-state index >= 15 is 0 Å². The summed E-state index contributed by atoms with van der Waals surface area (Å²) < 4.78 is 10.4. The molecule has 23 heavy (non-hydrogen) atoms. The first-order valence-electron chi connectivity index (χ1n) is 7.53. The van der Waals surface area contributed by atoms with Crippen molar-refractivity contribution in [3.05, 3.63) is 53.4 Å². The second-order valence-corrected chi connectivity index (χ2v) is 6.18. The maximum atomic E-state index is 5.23. The van der Waals surface area contributed by atoms with Gasteiger partial charge in [-0.05, 0) is 55.0 Å². The van der Waals surface area contributed by atoms with Crippen LogP contribution in [0.15, 0.2) is 48.5 Å². The average molecular weight is 325 g/mol. The molecular formula is C19H19NO2S. The summed E-state index contributed by atoms with van der Waals surface area (Å²) >= 11 is 1.75. The fourth-order valence-corrected chi connectivity index (χ4v) is 3.45. The summed E-state index contributed by atoms with van der Waals surface area (Å²) in [5, 5.41) is 1.04. The third-order valence-electron chi connectivity index (χ3n) is 3.72. The van der Waals surface area contributed by atoms with Crippen LogP contribution < -0.4 is 9.47 Å². The van der Waals surface area contributed by atoms with Gasteiger partial charge >= 0.3 is 0 Å². The number of benzene rings is 2. The number of aromatic nitrogens is 1. The summed E-state index contributed by atoms with van der Waals surface area (Å²) in [6, 6.07) is 16.1. The summed E-state index contributed by atoms with van der Waals surface area (Å²) in [4.78, 5) is 6.16. The van der Waals surface area contributed by atoms with E-state index in [-0.39, 0.29) is 0 Å². The minimum atomic E-state index is 0.858. The van der Waals surface area contributed by atoms with Crippen LogP contribution in [0.5, 0.6) is 11.5 Å². The zero-order valence-corrected chi connectivity index (χ0v) is 14.3. The summed E-state index contributed by atoms with van der Waals surface area (Å²) in [7, 11) is 3.35. The molecule has 1 aromatic heterocycles. The van der Waals surface area contributed by atoms with Gasteiger partial charge in [0, 0.05) is 16.0 Å². The van der Waals surface area contributed by atoms with Gasteiger partial charge in [-0.1, -0.05) is 6.92 Å². The Morgan fingerprint density at radius 2 is 1.35 bits per heavy atom. The van der Waals surface area contributed by atoms with E-state index in [1.165, 1.54) is 4.88 Å². The van der Waals surface area contributed by atoms with E-state index in [1.807, 2.05) is 24.3 Å². The van der Waals surface area contributed by atoms with Gasteiger partial charge < -0.3 is 9.47 Å². The highest BCUT2D eigenvalue weighted by Crippen LogP contribution is 2.35. The smallest absolute Gasteiger partial charge is 0.124 e. The largest absolute Gasteiger partial charge is 0.497 e. The molecule has 1 heterocycles. The van der Waals surface area contributed by atoms with E-state index in [0.29, 0.717) is 0 Å². The molecule has 4 heteroatoms. The molecule has 0 amide bonds. The number of hydrogen-bond donors (Lipinski definition) is 0. The molecule has 0 fully saturated rings. The van der Waals surface area contributed by atoms with E-state index in [4.69, 9.17) is 14.5 Å². The van der Waals surface area contributed by atoms with Crippen LogP contribution in [0.2, 0.25) is 0 Å². The summed E-state index contributed by atoms with van der Waals surface area (Å²) in [5.41, 5.74) is 3.30. The Balaban J connectivity index is 1.98. The van der Waals surface area contributed by atoms with Gasteiger partial charge in [0.2, 0.25) is 0 Å². The average Bonchev–Trinajstić information content (AvgIpc) is 3.06. The molecule has 2 aromatic carbocycles. The Morgan fingerprint density at radius 1 is 0.826 bits per heavy atom. The Labute approximate surface area is 140 Å². The van der Waals surface area contributed by atoms with Crippen molar-refractivity contribution in [3.63, 3.8) is 0 Å². The molecular weight excluding hydrogens is 306 g/mol. The van der Waals surface area contributed by atoms with Crippen LogP contribution in [0.1, 0.15) is 11.8 Å². The van der Waals surface area contributed by atoms with Crippen molar-refractivity contribution in [2.24, 2.45) is 0 Å². The van der Waals surface area contributed by atoms with Gasteiger partial charge in [-0.3, -0.25) is 0 Å². The number of thiazole rings is 1. The van der Waals surface area contributed by atoms with Gasteiger partial charge in [0.15, 0.2) is 0 Å². The van der Waals surface area contributed by atoms with Crippen molar-refractivity contribution >= 4 is 11.3 Å². The van der Waals surface area contributed by atoms with Gasteiger partial charge in [-0.2, -0.15) is 0 Å². The first kappa shape index (κ1) is 15.6. The number of aryl methyl sites for hydroxylation is 1. The van der Waals surface area contributed by atoms with Crippen molar-refractivity contribution in [2.75, 3.05) is 14.2 Å². The molecule has 0 aliphatic heterocycles. The molecule has 0 N–H and O–H groups in total. The molecule has 3 nitrogen and oxygen atoms in total. The lowest BCUT2D eigenvalue weighted by Gasteiger charge is -2.02. The highest BCUT2D eigenvalue weighted by molar-refractivity contribution is 7.15. The SMILES string of the molecule is CCc1sc(-c2ccc(OC)cc2)nc1-c1ccc(OC)cc1. The van der Waals surface area contributed by atoms with Gasteiger partial charge in [0.25, 0.3) is 0 Å². The van der Waals surface area contributed by atoms with Crippen molar-refractivity contribution in [3.8, 4) is 33.3 Å². The number of hydrogen-bond acceptors (Lipinski definition) is 4. The first-order valence-corrected chi connectivity index (χ1v) is 8.35. The Bertz CT molecular complexity index is 776. The van der Waals surface area contributed by atoms with Crippen LogP contribution in [0, 0.1) is 0 Å². The standard InChI is InChI=1S/C19H19NO2S/c1-4-17-18(13-5-9-15(21-2)10-6-13)20-19(23-17)14-7-11-16(22-3)12-8-14/h5-12H,4H2,1-3H3. The Hall–Kier alpha value is -2.33. The topological polar surface area (TPSA) is 31.4 Å². The number of nitrogens with zero attached hydrogens (tertiary/aromatic N) is 1. The van der Waals surface area contributed by atoms with E-state index in [9.17, 15) is 0 Å². The lowest BCUT2D eigenvalue weighted by atomic mass is 10.1. The van der Waals surface area contributed by atoms with Gasteiger partial charge in [-0.25, -0.2) is 4.98 Å². The molecule has 0 unspecified atom stereocenters. The third kappa shape index (κ3) is 3.22. The van der Waals surface area contributed by atoms with E-state index in [2.05, 4.69) is 31.2 Å². The zero-order chi connectivity index (χ0) is 16.2. The summed E-state index contributed by atoms with van der Waals surface area (Å²) in [5.74, 6) is 1.72. The fraction of sp³-hybridized carbons (Fsp3) is 0.211. The molecule has 3 rings (SSSR count). The normalized spacial score (nSPS) is 10.6. The van der Waals surface area contributed by atoms with E-state index < -0.39 is 0 Å². The lowest BCUT2D eigenvalue weighted by Crippen LogP contribution is -1.86. The molecule has 0 bridgehead atoms. The summed E-state index contributed by atoms with van der Waals surface area (Å²) in [6.45, 7) is 2.17. The van der Waals surface area contributed by atoms with Crippen LogP contribution in [0.25, 0.3) is 21.8 Å². The fourth-order valence-electron chi connectivity index (χ4n) is 2.42. The van der Waals surface area contributed by atoms with Crippen LogP contribution in [0.3, 0.4) is 0 Å². The van der Waals surface area contributed by atoms with Crippen molar-refractivity contribution < 1.29 is 9.47 Å². The van der Waals surface area contributed by atoms with E-state index in [0.717, 1.165) is 39.7 Å². The predicted molar refractivity (Wildman–Crippen MR) is 95.5 cm³/mol. The Morgan fingerprint density at radius 3 is 1.83 bits per heavy atom. The molecule has 0 atom stereocenters. The number of methoxy groups -OCH3 is 2. The molecule has 0 aliphatic rings. The van der Waals surface area contributed by atoms with Crippen LogP contribution >= 0.6 is 11.3 Å². The highest BCUT2D eigenvalue weighted by atomic mass is 32.1. The van der Waals surface area contributed by atoms with Crippen molar-refractivity contribution in [1.82, 2.24) is 4.98 Å². The third-order valence-corrected chi connectivity index (χ3v) is 4.97. The number of ether oxygens (including phenoxy) is 2. The van der Waals surface area contributed by atoms with Gasteiger partial charge in [0.1, 0.15) is 16.5 Å². The van der Waals surface area contributed by atoms with Crippen LogP contribution in [-0.2, 0) is 6.42 Å². The summed E-state index contributed by atoms with van der Waals surface area (Å²) in [6.07, 6.45) is 0.967. The minimum absolute atomic E-state index is 0.858. The predicted octanol–water partition coefficient (Wildman–Crippen LogP) is 5.06. The van der Waals surface area contributed by atoms with Crippen molar-refractivity contribution in [1.29, 1.82) is 0 Å². The molecule has 0 aliphatic carbocycles. The zero-order valence-electron chi connectivity index (χ0n) is 13.5. The van der Waals surface area contributed by atoms with Crippen LogP contribution in [0.4, 0.5) is 0 Å². The molecule has 0 spiro atoms. The first-order chi connectivity index (χ1) is 11.2. The molecule has 0 saturated carbocycles. The highest BCUT2D eigenvalue weighted by Gasteiger charge is 2.13. The molecule has 118 valence electrons. The number of rotatable bonds is 5. The van der Waals surface area contributed by atoms with E-state index in [1.54, 1.807) is 25.6 Å². The molecule has 0 saturated heterocycles. The van der Waals surface area contributed by atoms with Crippen molar-refractivity contribution in [2.45, 2.75) is 13.3 Å². The second kappa shape index (κ2) is 6.84. The van der Waals surface area contributed by atoms with Gasteiger partial charge in [0.05, 0.1) is 19.9 Å².